The van der Waals surface area contributed by atoms with Crippen LogP contribution in [-0.4, -0.2) is 40.9 Å². The lowest BCUT2D eigenvalue weighted by molar-refractivity contribution is 0.501. The molecule has 0 radical (unpaired) electrons. The molecule has 3 aromatic rings. The Bertz CT molecular complexity index is 887. The average molecular weight is 396 g/mol. The minimum absolute atomic E-state index is 0.453. The minimum atomic E-state index is 0.453. The smallest absolute Gasteiger partial charge is 0.192 e. The Morgan fingerprint density at radius 1 is 1.14 bits per heavy atom. The van der Waals surface area contributed by atoms with Crippen molar-refractivity contribution in [1.82, 2.24) is 25.4 Å². The van der Waals surface area contributed by atoms with Gasteiger partial charge in [0.05, 0.1) is 12.8 Å². The summed E-state index contributed by atoms with van der Waals surface area (Å²) in [5, 5.41) is 15.0. The number of benzene rings is 1. The lowest BCUT2D eigenvalue weighted by atomic mass is 10.3. The molecular weight excluding hydrogens is 366 g/mol. The first-order chi connectivity index (χ1) is 14.1. The highest BCUT2D eigenvalue weighted by Crippen LogP contribution is 2.10. The summed E-state index contributed by atoms with van der Waals surface area (Å²) in [4.78, 5) is 6.91. The molecule has 154 valence electrons. The molecule has 8 nitrogen and oxygen atoms in total. The summed E-state index contributed by atoms with van der Waals surface area (Å²) in [7, 11) is 4.05. The van der Waals surface area contributed by atoms with Crippen molar-refractivity contribution in [3.8, 4) is 0 Å². The molecule has 8 heteroatoms. The van der Waals surface area contributed by atoms with E-state index in [0.29, 0.717) is 13.1 Å². The van der Waals surface area contributed by atoms with E-state index in [4.69, 9.17) is 4.42 Å². The van der Waals surface area contributed by atoms with E-state index in [1.54, 1.807) is 6.26 Å². The Kier molecular flexibility index (Phi) is 7.27. The number of aromatic nitrogens is 3. The van der Waals surface area contributed by atoms with Crippen LogP contribution < -0.4 is 15.5 Å². The van der Waals surface area contributed by atoms with Crippen molar-refractivity contribution in [2.75, 3.05) is 25.0 Å². The zero-order valence-electron chi connectivity index (χ0n) is 17.3. The fourth-order valence-corrected chi connectivity index (χ4v) is 2.83. The van der Waals surface area contributed by atoms with Crippen LogP contribution in [0.15, 0.2) is 58.1 Å². The van der Waals surface area contributed by atoms with Crippen molar-refractivity contribution in [3.05, 3.63) is 66.1 Å². The summed E-state index contributed by atoms with van der Waals surface area (Å²) < 4.78 is 7.34. The minimum Gasteiger partial charge on any atom is -0.467 e. The Labute approximate surface area is 171 Å². The van der Waals surface area contributed by atoms with Crippen LogP contribution in [0.5, 0.6) is 0 Å². The molecule has 0 fully saturated rings. The number of hydrogen-bond donors (Lipinski definition) is 2. The summed E-state index contributed by atoms with van der Waals surface area (Å²) in [6, 6.07) is 14.2. The quantitative estimate of drug-likeness (QED) is 0.329. The monoisotopic (exact) mass is 395 g/mol. The van der Waals surface area contributed by atoms with Crippen LogP contribution in [0.25, 0.3) is 0 Å². The normalized spacial score (nSPS) is 11.5. The van der Waals surface area contributed by atoms with E-state index in [2.05, 4.69) is 62.0 Å². The van der Waals surface area contributed by atoms with E-state index in [1.807, 2.05) is 36.7 Å². The maximum atomic E-state index is 5.40. The van der Waals surface area contributed by atoms with Crippen molar-refractivity contribution in [3.63, 3.8) is 0 Å². The molecule has 0 aliphatic rings. The Hall–Kier alpha value is -3.29. The van der Waals surface area contributed by atoms with Crippen LogP contribution >= 0.6 is 0 Å². The van der Waals surface area contributed by atoms with Crippen LogP contribution in [-0.2, 0) is 20.1 Å². The summed E-state index contributed by atoms with van der Waals surface area (Å²) in [6.07, 6.45) is 2.65. The molecule has 0 aliphatic carbocycles. The second kappa shape index (κ2) is 10.3. The largest absolute Gasteiger partial charge is 0.467 e. The van der Waals surface area contributed by atoms with Gasteiger partial charge >= 0.3 is 0 Å². The van der Waals surface area contributed by atoms with Gasteiger partial charge in [0.25, 0.3) is 0 Å². The molecule has 0 amide bonds. The molecule has 0 spiro atoms. The van der Waals surface area contributed by atoms with Crippen LogP contribution in [0.2, 0.25) is 0 Å². The zero-order valence-corrected chi connectivity index (χ0v) is 17.3. The molecule has 0 aliphatic heterocycles. The van der Waals surface area contributed by atoms with E-state index >= 15 is 0 Å². The first-order valence-electron chi connectivity index (χ1n) is 9.79. The third-order valence-electron chi connectivity index (χ3n) is 4.73. The number of rotatable bonds is 9. The molecule has 2 aromatic heterocycles. The number of nitrogens with zero attached hydrogens (tertiary/aromatic N) is 5. The zero-order chi connectivity index (χ0) is 20.5. The Balaban J connectivity index is 1.52. The summed E-state index contributed by atoms with van der Waals surface area (Å²) in [6.45, 7) is 4.71. The van der Waals surface area contributed by atoms with Gasteiger partial charge in [-0.2, -0.15) is 0 Å². The number of nitrogens with one attached hydrogen (secondary N) is 2. The second-order valence-corrected chi connectivity index (χ2v) is 6.86. The number of guanidine groups is 1. The lowest BCUT2D eigenvalue weighted by Gasteiger charge is -2.19. The highest BCUT2D eigenvalue weighted by atomic mass is 16.3. The maximum absolute atomic E-state index is 5.40. The second-order valence-electron chi connectivity index (χ2n) is 6.86. The van der Waals surface area contributed by atoms with E-state index in [1.165, 1.54) is 5.69 Å². The van der Waals surface area contributed by atoms with E-state index < -0.39 is 0 Å². The summed E-state index contributed by atoms with van der Waals surface area (Å²) >= 11 is 0. The standard InChI is InChI=1S/C21H29N7O/c1-17-25-26-20(28(17)3)16-24-21(23-15-19-11-7-14-29-19)22-12-8-13-27(2)18-9-5-4-6-10-18/h4-7,9-11,14H,8,12-13,15-16H2,1-3H3,(H2,22,23,24). The highest BCUT2D eigenvalue weighted by Gasteiger charge is 2.06. The number of anilines is 1. The molecule has 0 saturated heterocycles. The topological polar surface area (TPSA) is 83.5 Å². The third kappa shape index (κ3) is 6.10. The van der Waals surface area contributed by atoms with Gasteiger partial charge in [-0.15, -0.1) is 10.2 Å². The van der Waals surface area contributed by atoms with Crippen molar-refractivity contribution in [2.45, 2.75) is 26.4 Å². The highest BCUT2D eigenvalue weighted by molar-refractivity contribution is 5.79. The van der Waals surface area contributed by atoms with E-state index in [9.17, 15) is 0 Å². The summed E-state index contributed by atoms with van der Waals surface area (Å²) in [5.41, 5.74) is 1.22. The van der Waals surface area contributed by atoms with Crippen molar-refractivity contribution in [1.29, 1.82) is 0 Å². The van der Waals surface area contributed by atoms with Crippen molar-refractivity contribution < 1.29 is 4.42 Å². The van der Waals surface area contributed by atoms with E-state index in [-0.39, 0.29) is 0 Å². The molecular formula is C21H29N7O. The SMILES string of the molecule is Cc1nnc(CN=C(NCCCN(C)c2ccccc2)NCc2ccco2)n1C. The number of aryl methyl sites for hydroxylation is 1. The average Bonchev–Trinajstić information content (AvgIpc) is 3.38. The van der Waals surface area contributed by atoms with Crippen molar-refractivity contribution in [2.24, 2.45) is 12.0 Å². The van der Waals surface area contributed by atoms with Gasteiger partial charge in [0.1, 0.15) is 18.1 Å². The van der Waals surface area contributed by atoms with Gasteiger partial charge in [0, 0.05) is 32.9 Å². The first kappa shape index (κ1) is 20.4. The molecule has 0 bridgehead atoms. The maximum Gasteiger partial charge on any atom is 0.192 e. The number of hydrogen-bond acceptors (Lipinski definition) is 5. The van der Waals surface area contributed by atoms with Crippen LogP contribution in [0.3, 0.4) is 0 Å². The molecule has 0 saturated carbocycles. The molecule has 0 unspecified atom stereocenters. The predicted molar refractivity (Wildman–Crippen MR) is 115 cm³/mol. The fraction of sp³-hybridized carbons (Fsp3) is 0.381. The van der Waals surface area contributed by atoms with E-state index in [0.717, 1.165) is 42.9 Å². The van der Waals surface area contributed by atoms with Crippen LogP contribution in [0.1, 0.15) is 23.8 Å². The molecule has 29 heavy (non-hydrogen) atoms. The van der Waals surface area contributed by atoms with Gasteiger partial charge in [-0.25, -0.2) is 4.99 Å². The molecule has 2 heterocycles. The molecule has 3 rings (SSSR count). The van der Waals surface area contributed by atoms with Gasteiger partial charge in [0.15, 0.2) is 11.8 Å². The predicted octanol–water partition coefficient (Wildman–Crippen LogP) is 2.48. The van der Waals surface area contributed by atoms with Gasteiger partial charge in [0.2, 0.25) is 0 Å². The number of furan rings is 1. The third-order valence-corrected chi connectivity index (χ3v) is 4.73. The van der Waals surface area contributed by atoms with Crippen LogP contribution in [0.4, 0.5) is 5.69 Å². The number of aliphatic imine (C=N–C) groups is 1. The first-order valence-corrected chi connectivity index (χ1v) is 9.79. The molecule has 2 N–H and O–H groups in total. The van der Waals surface area contributed by atoms with Crippen molar-refractivity contribution >= 4 is 11.6 Å². The lowest BCUT2D eigenvalue weighted by Crippen LogP contribution is -2.38. The van der Waals surface area contributed by atoms with Gasteiger partial charge in [-0.05, 0) is 37.6 Å². The molecule has 1 aromatic carbocycles. The van der Waals surface area contributed by atoms with Gasteiger partial charge < -0.3 is 24.5 Å². The summed E-state index contributed by atoms with van der Waals surface area (Å²) in [5.74, 6) is 3.28. The Morgan fingerprint density at radius 3 is 2.66 bits per heavy atom. The number of para-hydroxylation sites is 1. The van der Waals surface area contributed by atoms with Gasteiger partial charge in [-0.1, -0.05) is 18.2 Å². The van der Waals surface area contributed by atoms with Gasteiger partial charge in [-0.3, -0.25) is 0 Å². The fourth-order valence-electron chi connectivity index (χ4n) is 2.83. The van der Waals surface area contributed by atoms with Crippen LogP contribution in [0, 0.1) is 6.92 Å². The Morgan fingerprint density at radius 2 is 1.97 bits per heavy atom. The molecule has 0 atom stereocenters.